The second-order valence-corrected chi connectivity index (χ2v) is 10.9. The molecule has 0 aliphatic heterocycles. The van der Waals surface area contributed by atoms with Crippen LogP contribution in [0.1, 0.15) is 70.3 Å². The molecule has 1 aromatic carbocycles. The van der Waals surface area contributed by atoms with E-state index in [1.165, 1.54) is 32.1 Å². The summed E-state index contributed by atoms with van der Waals surface area (Å²) in [6.45, 7) is 6.77. The Morgan fingerprint density at radius 3 is 1.97 bits per heavy atom. The van der Waals surface area contributed by atoms with Gasteiger partial charge < -0.3 is 31.1 Å². The fourth-order valence-electron chi connectivity index (χ4n) is 3.65. The van der Waals surface area contributed by atoms with Gasteiger partial charge in [-0.15, -0.1) is 0 Å². The monoisotopic (exact) mass is 484 g/mol. The topological polar surface area (TPSA) is 117 Å². The minimum Gasteiger partial charge on any atom is -0.399 e. The van der Waals surface area contributed by atoms with E-state index in [0.29, 0.717) is 45.4 Å². The highest BCUT2D eigenvalue weighted by molar-refractivity contribution is 7.53. The number of hydrogen-bond donors (Lipinski definition) is 3. The third-order valence-corrected chi connectivity index (χ3v) is 7.64. The van der Waals surface area contributed by atoms with E-state index in [9.17, 15) is 4.57 Å². The molecule has 1 unspecified atom stereocenters. The van der Waals surface area contributed by atoms with Crippen molar-refractivity contribution in [1.82, 2.24) is 4.90 Å². The summed E-state index contributed by atoms with van der Waals surface area (Å²) in [5.74, 6) is 0. The predicted molar refractivity (Wildman–Crippen MR) is 141 cm³/mol. The first-order chi connectivity index (χ1) is 16.0. The van der Waals surface area contributed by atoms with Crippen molar-refractivity contribution < 1.29 is 13.6 Å². The molecule has 8 heteroatoms. The molecule has 0 bridgehead atoms. The third kappa shape index (κ3) is 15.5. The van der Waals surface area contributed by atoms with Gasteiger partial charge in [0.05, 0.1) is 19.4 Å². The Morgan fingerprint density at radius 1 is 0.788 bits per heavy atom. The molecule has 1 rings (SSSR count). The zero-order valence-corrected chi connectivity index (χ0v) is 21.8. The van der Waals surface area contributed by atoms with Crippen LogP contribution in [0.4, 0.5) is 5.69 Å². The molecule has 0 aliphatic carbocycles. The van der Waals surface area contributed by atoms with E-state index in [-0.39, 0.29) is 0 Å². The van der Waals surface area contributed by atoms with Gasteiger partial charge in [0.2, 0.25) is 0 Å². The smallest absolute Gasteiger partial charge is 0.331 e. The zero-order valence-electron chi connectivity index (χ0n) is 20.9. The van der Waals surface area contributed by atoms with Crippen molar-refractivity contribution in [2.75, 3.05) is 57.8 Å². The molecule has 6 N–H and O–H groups in total. The van der Waals surface area contributed by atoms with Crippen LogP contribution in [0.15, 0.2) is 24.3 Å². The molecule has 0 fully saturated rings. The standard InChI is InChI=1S/C25H49N4O3P/c1-2-3-4-5-6-7-8-21-31-33(30,23-20-29(18-9-16-26)19-10-17-27)32-22-15-24-11-13-25(28)14-12-24/h11-14H,2-10,15-23,26-28H2,1H3. The number of nitrogen functional groups attached to an aromatic ring is 1. The molecule has 0 spiro atoms. The molecule has 0 saturated heterocycles. The van der Waals surface area contributed by atoms with Crippen molar-refractivity contribution in [3.63, 3.8) is 0 Å². The second kappa shape index (κ2) is 19.4. The maximum Gasteiger partial charge on any atom is 0.331 e. The first-order valence-electron chi connectivity index (χ1n) is 12.9. The van der Waals surface area contributed by atoms with Gasteiger partial charge in [-0.25, -0.2) is 0 Å². The van der Waals surface area contributed by atoms with Gasteiger partial charge in [-0.3, -0.25) is 4.57 Å². The lowest BCUT2D eigenvalue weighted by atomic mass is 10.1. The Morgan fingerprint density at radius 2 is 1.36 bits per heavy atom. The van der Waals surface area contributed by atoms with E-state index >= 15 is 0 Å². The maximum atomic E-state index is 13.5. The number of hydrogen-bond acceptors (Lipinski definition) is 7. The Balaban J connectivity index is 2.55. The fraction of sp³-hybridized carbons (Fsp3) is 0.760. The van der Waals surface area contributed by atoms with Gasteiger partial charge in [-0.1, -0.05) is 57.6 Å². The van der Waals surface area contributed by atoms with Crippen molar-refractivity contribution >= 4 is 13.3 Å². The Hall–Kier alpha value is -0.950. The van der Waals surface area contributed by atoms with Gasteiger partial charge in [0.15, 0.2) is 0 Å². The number of rotatable bonds is 22. The summed E-state index contributed by atoms with van der Waals surface area (Å²) < 4.78 is 25.4. The molecule has 0 aromatic heterocycles. The molecule has 0 amide bonds. The summed E-state index contributed by atoms with van der Waals surface area (Å²) in [7, 11) is -3.18. The number of nitrogens with two attached hydrogens (primary N) is 3. The summed E-state index contributed by atoms with van der Waals surface area (Å²) >= 11 is 0. The molecule has 1 aromatic rings. The van der Waals surface area contributed by atoms with Crippen LogP contribution in [0.5, 0.6) is 0 Å². The highest BCUT2D eigenvalue weighted by Gasteiger charge is 2.25. The predicted octanol–water partition coefficient (Wildman–Crippen LogP) is 4.79. The Bertz CT molecular complexity index is 623. The van der Waals surface area contributed by atoms with Crippen LogP contribution in [0, 0.1) is 0 Å². The van der Waals surface area contributed by atoms with Gasteiger partial charge in [-0.2, -0.15) is 0 Å². The lowest BCUT2D eigenvalue weighted by Crippen LogP contribution is -2.31. The summed E-state index contributed by atoms with van der Waals surface area (Å²) in [4.78, 5) is 2.27. The van der Waals surface area contributed by atoms with Crippen molar-refractivity contribution in [2.45, 2.75) is 71.1 Å². The average molecular weight is 485 g/mol. The van der Waals surface area contributed by atoms with E-state index in [0.717, 1.165) is 50.0 Å². The van der Waals surface area contributed by atoms with Crippen LogP contribution in [-0.4, -0.2) is 57.0 Å². The molecule has 0 saturated carbocycles. The molecule has 7 nitrogen and oxygen atoms in total. The minimum absolute atomic E-state index is 0.365. The molecule has 0 heterocycles. The number of unbranched alkanes of at least 4 members (excludes halogenated alkanes) is 6. The molecule has 33 heavy (non-hydrogen) atoms. The van der Waals surface area contributed by atoms with Crippen LogP contribution in [0.2, 0.25) is 0 Å². The Labute approximate surface area is 202 Å². The van der Waals surface area contributed by atoms with Gasteiger partial charge >= 0.3 is 7.60 Å². The van der Waals surface area contributed by atoms with Gasteiger partial charge in [-0.05, 0) is 69.6 Å². The van der Waals surface area contributed by atoms with Crippen LogP contribution in [-0.2, 0) is 20.0 Å². The van der Waals surface area contributed by atoms with Crippen molar-refractivity contribution in [1.29, 1.82) is 0 Å². The molecular weight excluding hydrogens is 435 g/mol. The summed E-state index contributed by atoms with van der Waals surface area (Å²) in [6.07, 6.45) is 11.2. The molecule has 0 aliphatic rings. The quantitative estimate of drug-likeness (QED) is 0.123. The van der Waals surface area contributed by atoms with Gasteiger partial charge in [0, 0.05) is 12.2 Å². The SMILES string of the molecule is CCCCCCCCCOP(=O)(CCN(CCCN)CCCN)OCCc1ccc(N)cc1. The number of anilines is 1. The van der Waals surface area contributed by atoms with Crippen LogP contribution in [0.3, 0.4) is 0 Å². The molecule has 192 valence electrons. The van der Waals surface area contributed by atoms with Gasteiger partial charge in [0.25, 0.3) is 0 Å². The van der Waals surface area contributed by atoms with E-state index in [1.807, 2.05) is 24.3 Å². The van der Waals surface area contributed by atoms with Crippen molar-refractivity contribution in [2.24, 2.45) is 11.5 Å². The number of nitrogens with zero attached hydrogens (tertiary/aromatic N) is 1. The maximum absolute atomic E-state index is 13.5. The Kier molecular flexibility index (Phi) is 17.7. The van der Waals surface area contributed by atoms with E-state index in [4.69, 9.17) is 26.2 Å². The minimum atomic E-state index is -3.18. The molecule has 1 atom stereocenters. The normalized spacial score (nSPS) is 13.5. The molecular formula is C25H49N4O3P. The second-order valence-electron chi connectivity index (χ2n) is 8.74. The van der Waals surface area contributed by atoms with Crippen LogP contribution >= 0.6 is 7.60 Å². The van der Waals surface area contributed by atoms with Crippen molar-refractivity contribution in [3.05, 3.63) is 29.8 Å². The fourth-order valence-corrected chi connectivity index (χ4v) is 5.28. The third-order valence-electron chi connectivity index (χ3n) is 5.74. The summed E-state index contributed by atoms with van der Waals surface area (Å²) in [6, 6.07) is 7.70. The van der Waals surface area contributed by atoms with Crippen LogP contribution in [0.25, 0.3) is 0 Å². The highest BCUT2D eigenvalue weighted by atomic mass is 31.2. The average Bonchev–Trinajstić information content (AvgIpc) is 2.82. The highest BCUT2D eigenvalue weighted by Crippen LogP contribution is 2.48. The van der Waals surface area contributed by atoms with E-state index < -0.39 is 7.60 Å². The van der Waals surface area contributed by atoms with Crippen LogP contribution < -0.4 is 17.2 Å². The van der Waals surface area contributed by atoms with E-state index in [2.05, 4.69) is 11.8 Å². The zero-order chi connectivity index (χ0) is 24.2. The number of benzene rings is 1. The summed E-state index contributed by atoms with van der Waals surface area (Å²) in [5.41, 5.74) is 19.0. The van der Waals surface area contributed by atoms with Crippen molar-refractivity contribution in [3.8, 4) is 0 Å². The lowest BCUT2D eigenvalue weighted by Gasteiger charge is -2.25. The summed E-state index contributed by atoms with van der Waals surface area (Å²) in [5, 5.41) is 0. The van der Waals surface area contributed by atoms with Gasteiger partial charge in [0.1, 0.15) is 0 Å². The first-order valence-corrected chi connectivity index (χ1v) is 14.6. The van der Waals surface area contributed by atoms with E-state index in [1.54, 1.807) is 0 Å². The largest absolute Gasteiger partial charge is 0.399 e. The lowest BCUT2D eigenvalue weighted by molar-refractivity contribution is 0.196. The first kappa shape index (κ1) is 30.1. The molecule has 0 radical (unpaired) electrons.